The van der Waals surface area contributed by atoms with Gasteiger partial charge in [-0.2, -0.15) is 0 Å². The van der Waals surface area contributed by atoms with Crippen LogP contribution in [-0.2, 0) is 28.6 Å². The number of hydrogen-bond donors (Lipinski definition) is 0. The number of esters is 3. The van der Waals surface area contributed by atoms with Crippen LogP contribution >= 0.6 is 0 Å². The van der Waals surface area contributed by atoms with Gasteiger partial charge in [0.1, 0.15) is 6.61 Å². The first-order valence-electron chi connectivity index (χ1n) is 4.44. The molecule has 0 aliphatic rings. The van der Waals surface area contributed by atoms with Crippen molar-refractivity contribution >= 4 is 17.9 Å². The van der Waals surface area contributed by atoms with E-state index < -0.39 is 24.0 Å². The predicted octanol–water partition coefficient (Wildman–Crippen LogP) is 0.0443. The molecule has 0 spiro atoms. The fraction of sp³-hybridized carbons (Fsp3) is 0.667. The van der Waals surface area contributed by atoms with Crippen molar-refractivity contribution in [2.75, 3.05) is 13.2 Å². The lowest BCUT2D eigenvalue weighted by Crippen LogP contribution is -2.33. The van der Waals surface area contributed by atoms with E-state index in [9.17, 15) is 14.4 Å². The lowest BCUT2D eigenvalue weighted by Gasteiger charge is -2.14. The zero-order valence-corrected chi connectivity index (χ0v) is 8.94. The highest BCUT2D eigenvalue weighted by molar-refractivity contribution is 5.79. The maximum Gasteiger partial charge on any atom is 0.351 e. The van der Waals surface area contributed by atoms with Crippen LogP contribution in [-0.4, -0.2) is 37.2 Å². The van der Waals surface area contributed by atoms with Gasteiger partial charge in [0.2, 0.25) is 6.10 Å². The predicted molar refractivity (Wildman–Crippen MR) is 48.8 cm³/mol. The Balaban J connectivity index is 4.23. The smallest absolute Gasteiger partial charge is 0.351 e. The molecule has 0 saturated carbocycles. The molecule has 0 aliphatic carbocycles. The average molecular weight is 218 g/mol. The molecule has 6 nitrogen and oxygen atoms in total. The van der Waals surface area contributed by atoms with Crippen LogP contribution in [0.15, 0.2) is 0 Å². The lowest BCUT2D eigenvalue weighted by molar-refractivity contribution is -0.172. The molecule has 0 fully saturated rings. The Morgan fingerprint density at radius 3 is 2.07 bits per heavy atom. The molecule has 0 amide bonds. The summed E-state index contributed by atoms with van der Waals surface area (Å²) in [6.07, 6.45) is -1.19. The quantitative estimate of drug-likeness (QED) is 0.479. The molecular weight excluding hydrogens is 204 g/mol. The Morgan fingerprint density at radius 2 is 1.67 bits per heavy atom. The van der Waals surface area contributed by atoms with Gasteiger partial charge in [-0.1, -0.05) is 0 Å². The van der Waals surface area contributed by atoms with Crippen LogP contribution in [0.1, 0.15) is 20.8 Å². The minimum Gasteiger partial charge on any atom is -0.463 e. The van der Waals surface area contributed by atoms with Gasteiger partial charge in [-0.3, -0.25) is 9.59 Å². The minimum atomic E-state index is -1.19. The second-order valence-corrected chi connectivity index (χ2v) is 2.65. The van der Waals surface area contributed by atoms with Crippen molar-refractivity contribution in [3.63, 3.8) is 0 Å². The van der Waals surface area contributed by atoms with Crippen LogP contribution in [0, 0.1) is 0 Å². The summed E-state index contributed by atoms with van der Waals surface area (Å²) in [6, 6.07) is 0. The van der Waals surface area contributed by atoms with Crippen LogP contribution in [0.4, 0.5) is 0 Å². The second kappa shape index (κ2) is 6.80. The molecule has 1 unspecified atom stereocenters. The number of carbonyl (C=O) groups excluding carboxylic acids is 3. The van der Waals surface area contributed by atoms with Gasteiger partial charge in [-0.15, -0.1) is 0 Å². The van der Waals surface area contributed by atoms with Gasteiger partial charge in [0.15, 0.2) is 0 Å². The average Bonchev–Trinajstić information content (AvgIpc) is 2.11. The van der Waals surface area contributed by atoms with Gasteiger partial charge < -0.3 is 14.2 Å². The molecule has 0 aromatic heterocycles. The third-order valence-corrected chi connectivity index (χ3v) is 1.30. The van der Waals surface area contributed by atoms with Crippen LogP contribution in [0.25, 0.3) is 0 Å². The standard InChI is InChI=1S/C9H14O6/c1-4-13-9(12)8(15-7(3)11)5-14-6(2)10/h8H,4-5H2,1-3H3. The summed E-state index contributed by atoms with van der Waals surface area (Å²) in [7, 11) is 0. The fourth-order valence-corrected chi connectivity index (χ4v) is 0.779. The molecule has 0 aromatic rings. The van der Waals surface area contributed by atoms with Crippen molar-refractivity contribution in [2.24, 2.45) is 0 Å². The summed E-state index contributed by atoms with van der Waals surface area (Å²) in [5.74, 6) is -1.93. The van der Waals surface area contributed by atoms with E-state index >= 15 is 0 Å². The van der Waals surface area contributed by atoms with E-state index in [1.807, 2.05) is 0 Å². The van der Waals surface area contributed by atoms with E-state index in [4.69, 9.17) is 0 Å². The van der Waals surface area contributed by atoms with E-state index in [1.54, 1.807) is 6.92 Å². The van der Waals surface area contributed by atoms with Gasteiger partial charge in [-0.05, 0) is 6.92 Å². The highest BCUT2D eigenvalue weighted by Crippen LogP contribution is 1.98. The van der Waals surface area contributed by atoms with Gasteiger partial charge >= 0.3 is 17.9 Å². The molecule has 0 N–H and O–H groups in total. The Bertz CT molecular complexity index is 247. The summed E-state index contributed by atoms with van der Waals surface area (Å²) in [6.45, 7) is 3.80. The van der Waals surface area contributed by atoms with Crippen molar-refractivity contribution in [3.05, 3.63) is 0 Å². The third-order valence-electron chi connectivity index (χ3n) is 1.30. The number of carbonyl (C=O) groups is 3. The number of rotatable bonds is 5. The molecule has 0 bridgehead atoms. The zero-order valence-electron chi connectivity index (χ0n) is 8.94. The molecule has 1 atom stereocenters. The molecule has 0 aliphatic heterocycles. The molecule has 0 aromatic carbocycles. The van der Waals surface area contributed by atoms with Crippen molar-refractivity contribution in [1.82, 2.24) is 0 Å². The van der Waals surface area contributed by atoms with E-state index in [0.29, 0.717) is 0 Å². The summed E-state index contributed by atoms with van der Waals surface area (Å²) in [4.78, 5) is 32.3. The van der Waals surface area contributed by atoms with Crippen molar-refractivity contribution in [3.8, 4) is 0 Å². The maximum absolute atomic E-state index is 11.2. The lowest BCUT2D eigenvalue weighted by atomic mass is 10.4. The van der Waals surface area contributed by atoms with Gasteiger partial charge in [0.05, 0.1) is 6.61 Å². The normalized spacial score (nSPS) is 11.4. The molecule has 0 rings (SSSR count). The first kappa shape index (κ1) is 13.4. The molecule has 6 heteroatoms. The van der Waals surface area contributed by atoms with E-state index in [2.05, 4.69) is 14.2 Å². The Hall–Kier alpha value is -1.59. The van der Waals surface area contributed by atoms with Crippen LogP contribution in [0.2, 0.25) is 0 Å². The number of ether oxygens (including phenoxy) is 3. The summed E-state index contributed by atoms with van der Waals surface area (Å²) < 4.78 is 13.8. The SMILES string of the molecule is CCOC(=O)C(COC(C)=O)OC(C)=O. The van der Waals surface area contributed by atoms with Gasteiger partial charge in [0, 0.05) is 13.8 Å². The fourth-order valence-electron chi connectivity index (χ4n) is 0.779. The molecule has 15 heavy (non-hydrogen) atoms. The van der Waals surface area contributed by atoms with Crippen LogP contribution in [0.3, 0.4) is 0 Å². The zero-order chi connectivity index (χ0) is 11.8. The maximum atomic E-state index is 11.2. The Labute approximate surface area is 87.5 Å². The second-order valence-electron chi connectivity index (χ2n) is 2.65. The van der Waals surface area contributed by atoms with Crippen molar-refractivity contribution < 1.29 is 28.6 Å². The molecule has 0 saturated heterocycles. The largest absolute Gasteiger partial charge is 0.463 e. The molecule has 86 valence electrons. The summed E-state index contributed by atoms with van der Waals surface area (Å²) in [5.41, 5.74) is 0. The first-order chi connectivity index (χ1) is 6.97. The monoisotopic (exact) mass is 218 g/mol. The Morgan fingerprint density at radius 1 is 1.07 bits per heavy atom. The van der Waals surface area contributed by atoms with Gasteiger partial charge in [0.25, 0.3) is 0 Å². The van der Waals surface area contributed by atoms with Crippen molar-refractivity contribution in [1.29, 1.82) is 0 Å². The van der Waals surface area contributed by atoms with E-state index in [-0.39, 0.29) is 13.2 Å². The summed E-state index contributed by atoms with van der Waals surface area (Å²) in [5, 5.41) is 0. The Kier molecular flexibility index (Phi) is 6.08. The molecule has 0 heterocycles. The van der Waals surface area contributed by atoms with Crippen LogP contribution < -0.4 is 0 Å². The van der Waals surface area contributed by atoms with E-state index in [1.165, 1.54) is 6.92 Å². The van der Waals surface area contributed by atoms with Crippen molar-refractivity contribution in [2.45, 2.75) is 26.9 Å². The topological polar surface area (TPSA) is 78.9 Å². The highest BCUT2D eigenvalue weighted by Gasteiger charge is 2.24. The van der Waals surface area contributed by atoms with Crippen LogP contribution in [0.5, 0.6) is 0 Å². The van der Waals surface area contributed by atoms with E-state index in [0.717, 1.165) is 6.92 Å². The first-order valence-corrected chi connectivity index (χ1v) is 4.44. The number of hydrogen-bond acceptors (Lipinski definition) is 6. The minimum absolute atomic E-state index is 0.163. The van der Waals surface area contributed by atoms with Gasteiger partial charge in [-0.25, -0.2) is 4.79 Å². The summed E-state index contributed by atoms with van der Waals surface area (Å²) >= 11 is 0. The molecular formula is C9H14O6. The highest BCUT2D eigenvalue weighted by atomic mass is 16.6. The third kappa shape index (κ3) is 6.48. The molecule has 0 radical (unpaired) electrons.